The molecule has 4 heteroatoms. The van der Waals surface area contributed by atoms with Crippen LogP contribution in [0.2, 0.25) is 0 Å². The average Bonchev–Trinajstić information content (AvgIpc) is 2.18. The van der Waals surface area contributed by atoms with Crippen molar-refractivity contribution in [1.82, 2.24) is 15.1 Å². The smallest absolute Gasteiger partial charge is 0.223 e. The van der Waals surface area contributed by atoms with Crippen LogP contribution in [0.3, 0.4) is 0 Å². The fourth-order valence-electron chi connectivity index (χ4n) is 1.56. The van der Waals surface area contributed by atoms with Gasteiger partial charge in [-0.05, 0) is 25.4 Å². The number of allylic oxidation sites excluding steroid dienone is 2. The Labute approximate surface area is 91.2 Å². The molecule has 0 fully saturated rings. The molecule has 0 bridgehead atoms. The second kappa shape index (κ2) is 5.56. The Morgan fingerprint density at radius 2 is 2.40 bits per heavy atom. The number of carbonyl (C=O) groups is 1. The number of nitrogens with one attached hydrogen (secondary N) is 1. The number of nitrogens with zero attached hydrogens (tertiary/aromatic N) is 2. The lowest BCUT2D eigenvalue weighted by Crippen LogP contribution is -2.37. The van der Waals surface area contributed by atoms with E-state index in [4.69, 9.17) is 0 Å². The molecule has 15 heavy (non-hydrogen) atoms. The van der Waals surface area contributed by atoms with Gasteiger partial charge in [-0.15, -0.1) is 0 Å². The van der Waals surface area contributed by atoms with Gasteiger partial charge in [0.25, 0.3) is 0 Å². The van der Waals surface area contributed by atoms with Crippen molar-refractivity contribution in [2.45, 2.75) is 6.92 Å². The second-order valence-electron chi connectivity index (χ2n) is 3.69. The van der Waals surface area contributed by atoms with Gasteiger partial charge in [-0.1, -0.05) is 0 Å². The molecule has 1 aliphatic heterocycles. The number of carbonyl (C=O) groups excluding carboxylic acids is 1. The van der Waals surface area contributed by atoms with Gasteiger partial charge in [0.15, 0.2) is 0 Å². The van der Waals surface area contributed by atoms with Crippen LogP contribution in [-0.4, -0.2) is 49.4 Å². The van der Waals surface area contributed by atoms with E-state index in [9.17, 15) is 4.79 Å². The molecular weight excluding hydrogens is 190 g/mol. The number of amides is 1. The zero-order chi connectivity index (χ0) is 11.3. The molecule has 0 atom stereocenters. The summed E-state index contributed by atoms with van der Waals surface area (Å²) in [5, 5.41) is 3.05. The Kier molecular flexibility index (Phi) is 4.37. The molecule has 84 valence electrons. The zero-order valence-electron chi connectivity index (χ0n) is 9.66. The van der Waals surface area contributed by atoms with E-state index in [1.165, 1.54) is 0 Å². The Morgan fingerprint density at radius 1 is 1.67 bits per heavy atom. The average molecular weight is 209 g/mol. The summed E-state index contributed by atoms with van der Waals surface area (Å²) in [4.78, 5) is 15.3. The molecule has 0 saturated carbocycles. The minimum absolute atomic E-state index is 0.0974. The van der Waals surface area contributed by atoms with E-state index in [2.05, 4.69) is 10.2 Å². The van der Waals surface area contributed by atoms with Crippen LogP contribution in [-0.2, 0) is 4.79 Å². The van der Waals surface area contributed by atoms with Crippen molar-refractivity contribution in [1.29, 1.82) is 0 Å². The van der Waals surface area contributed by atoms with E-state index in [1.54, 1.807) is 6.92 Å². The van der Waals surface area contributed by atoms with Gasteiger partial charge in [-0.25, -0.2) is 0 Å². The van der Waals surface area contributed by atoms with Crippen molar-refractivity contribution >= 4 is 5.91 Å². The van der Waals surface area contributed by atoms with Crippen molar-refractivity contribution in [3.05, 3.63) is 24.0 Å². The highest BCUT2D eigenvalue weighted by Crippen LogP contribution is 2.10. The maximum Gasteiger partial charge on any atom is 0.223 e. The fourth-order valence-corrected chi connectivity index (χ4v) is 1.56. The predicted octanol–water partition coefficient (Wildman–Crippen LogP) is 0.397. The van der Waals surface area contributed by atoms with Crippen LogP contribution in [0.5, 0.6) is 0 Å². The maximum absolute atomic E-state index is 11.5. The lowest BCUT2D eigenvalue weighted by atomic mass is 10.2. The lowest BCUT2D eigenvalue weighted by molar-refractivity contribution is -0.127. The van der Waals surface area contributed by atoms with Gasteiger partial charge in [-0.2, -0.15) is 0 Å². The van der Waals surface area contributed by atoms with Gasteiger partial charge in [0, 0.05) is 32.8 Å². The quantitative estimate of drug-likeness (QED) is 0.728. The van der Waals surface area contributed by atoms with Crippen molar-refractivity contribution in [2.24, 2.45) is 0 Å². The number of rotatable bonds is 4. The van der Waals surface area contributed by atoms with Gasteiger partial charge in [0.05, 0.1) is 6.54 Å². The van der Waals surface area contributed by atoms with Gasteiger partial charge < -0.3 is 15.1 Å². The number of hydrogen-bond acceptors (Lipinski definition) is 3. The summed E-state index contributed by atoms with van der Waals surface area (Å²) in [6.07, 6.45) is 5.96. The summed E-state index contributed by atoms with van der Waals surface area (Å²) in [6, 6.07) is 0. The molecule has 4 nitrogen and oxygen atoms in total. The molecular formula is C11H19N3O. The molecule has 0 aromatic rings. The normalized spacial score (nSPS) is 15.1. The summed E-state index contributed by atoms with van der Waals surface area (Å²) in [6.45, 7) is 3.93. The van der Waals surface area contributed by atoms with E-state index >= 15 is 0 Å². The lowest BCUT2D eigenvalue weighted by Gasteiger charge is -2.29. The first-order valence-electron chi connectivity index (χ1n) is 5.15. The molecule has 0 aromatic carbocycles. The van der Waals surface area contributed by atoms with Crippen LogP contribution >= 0.6 is 0 Å². The van der Waals surface area contributed by atoms with E-state index in [0.717, 1.165) is 25.3 Å². The van der Waals surface area contributed by atoms with E-state index < -0.39 is 0 Å². The topological polar surface area (TPSA) is 35.6 Å². The second-order valence-corrected chi connectivity index (χ2v) is 3.69. The Bertz CT molecular complexity index is 284. The highest BCUT2D eigenvalue weighted by molar-refractivity contribution is 5.75. The summed E-state index contributed by atoms with van der Waals surface area (Å²) in [7, 11) is 3.89. The Morgan fingerprint density at radius 3 is 2.93 bits per heavy atom. The summed E-state index contributed by atoms with van der Waals surface area (Å²) < 4.78 is 0. The first-order valence-corrected chi connectivity index (χ1v) is 5.15. The molecule has 0 aliphatic carbocycles. The van der Waals surface area contributed by atoms with Crippen LogP contribution in [0, 0.1) is 0 Å². The van der Waals surface area contributed by atoms with Gasteiger partial charge in [0.2, 0.25) is 5.91 Å². The zero-order valence-corrected chi connectivity index (χ0v) is 9.66. The fraction of sp³-hybridized carbons (Fsp3) is 0.545. The SMILES string of the molecule is CNCCN(C(C)=O)C1=CC=CN(C)C1. The van der Waals surface area contributed by atoms with Crippen LogP contribution in [0.15, 0.2) is 24.0 Å². The van der Waals surface area contributed by atoms with E-state index in [-0.39, 0.29) is 5.91 Å². The molecule has 1 rings (SSSR count). The standard InChI is InChI=1S/C11H19N3O/c1-10(15)14(8-6-12-2)11-5-4-7-13(3)9-11/h4-5,7,12H,6,8-9H2,1-3H3. The summed E-state index contributed by atoms with van der Waals surface area (Å²) in [5.41, 5.74) is 1.06. The third kappa shape index (κ3) is 3.40. The minimum Gasteiger partial charge on any atom is -0.375 e. The third-order valence-corrected chi connectivity index (χ3v) is 2.35. The van der Waals surface area contributed by atoms with Crippen LogP contribution in [0.1, 0.15) is 6.92 Å². The monoisotopic (exact) mass is 209 g/mol. The van der Waals surface area contributed by atoms with Crippen LogP contribution in [0.25, 0.3) is 0 Å². The first kappa shape index (κ1) is 11.8. The molecule has 0 unspecified atom stereocenters. The van der Waals surface area contributed by atoms with Gasteiger partial charge in [0.1, 0.15) is 0 Å². The molecule has 0 saturated heterocycles. The Balaban J connectivity index is 2.67. The summed E-state index contributed by atoms with van der Waals surface area (Å²) in [5.74, 6) is 0.0974. The summed E-state index contributed by atoms with van der Waals surface area (Å²) >= 11 is 0. The molecule has 1 amide bonds. The molecule has 0 aromatic heterocycles. The Hall–Kier alpha value is -1.29. The van der Waals surface area contributed by atoms with Gasteiger partial charge in [-0.3, -0.25) is 4.79 Å². The van der Waals surface area contributed by atoms with E-state index in [0.29, 0.717) is 0 Å². The van der Waals surface area contributed by atoms with Crippen LogP contribution < -0.4 is 5.32 Å². The maximum atomic E-state index is 11.5. The van der Waals surface area contributed by atoms with Crippen molar-refractivity contribution < 1.29 is 4.79 Å². The van der Waals surface area contributed by atoms with Crippen LogP contribution in [0.4, 0.5) is 0 Å². The van der Waals surface area contributed by atoms with Crippen molar-refractivity contribution in [3.8, 4) is 0 Å². The van der Waals surface area contributed by atoms with Crippen molar-refractivity contribution in [2.75, 3.05) is 33.7 Å². The largest absolute Gasteiger partial charge is 0.375 e. The van der Waals surface area contributed by atoms with Crippen molar-refractivity contribution in [3.63, 3.8) is 0 Å². The third-order valence-electron chi connectivity index (χ3n) is 2.35. The minimum atomic E-state index is 0.0974. The number of likely N-dealkylation sites (N-methyl/N-ethyl adjacent to an activating group) is 2. The van der Waals surface area contributed by atoms with Gasteiger partial charge >= 0.3 is 0 Å². The number of hydrogen-bond donors (Lipinski definition) is 1. The predicted molar refractivity (Wildman–Crippen MR) is 61.2 cm³/mol. The molecule has 1 aliphatic rings. The van der Waals surface area contributed by atoms with E-state index in [1.807, 2.05) is 37.3 Å². The molecule has 0 radical (unpaired) electrons. The highest BCUT2D eigenvalue weighted by Gasteiger charge is 2.15. The molecule has 1 heterocycles. The molecule has 1 N–H and O–H groups in total. The molecule has 0 spiro atoms. The first-order chi connectivity index (χ1) is 7.15. The highest BCUT2D eigenvalue weighted by atomic mass is 16.2.